The lowest BCUT2D eigenvalue weighted by atomic mass is 9.90. The van der Waals surface area contributed by atoms with Gasteiger partial charge in [0.15, 0.2) is 5.84 Å². The van der Waals surface area contributed by atoms with Crippen LogP contribution in [0.4, 0.5) is 0 Å². The van der Waals surface area contributed by atoms with Crippen LogP contribution in [0.1, 0.15) is 22.9 Å². The van der Waals surface area contributed by atoms with Gasteiger partial charge in [-0.15, -0.1) is 0 Å². The molecule has 4 nitrogen and oxygen atoms in total. The summed E-state index contributed by atoms with van der Waals surface area (Å²) in [6.45, 7) is 0. The van der Waals surface area contributed by atoms with E-state index >= 15 is 0 Å². The molecule has 0 saturated carbocycles. The Morgan fingerprint density at radius 2 is 0.960 bits per heavy atom. The summed E-state index contributed by atoms with van der Waals surface area (Å²) in [6, 6.07) is 63.5. The topological polar surface area (TPSA) is 49.6 Å². The number of nitrogens with zero attached hydrogens (tertiary/aromatic N) is 3. The Morgan fingerprint density at radius 3 is 1.70 bits per heavy atom. The molecule has 8 aromatic rings. The first-order valence-corrected chi connectivity index (χ1v) is 16.9. The molecule has 4 heteroatoms. The molecule has 1 N–H and O–H groups in total. The van der Waals surface area contributed by atoms with Crippen LogP contribution >= 0.6 is 0 Å². The Bertz CT molecular complexity index is 2560. The molecular formula is C46H32N4. The van der Waals surface area contributed by atoms with E-state index in [2.05, 4.69) is 163 Å². The van der Waals surface area contributed by atoms with Gasteiger partial charge in [-0.05, 0) is 57.5 Å². The maximum absolute atomic E-state index is 5.32. The third kappa shape index (κ3) is 5.53. The minimum absolute atomic E-state index is 0.303. The number of hydrogen-bond donors (Lipinski definition) is 1. The summed E-state index contributed by atoms with van der Waals surface area (Å²) in [7, 11) is 0. The van der Waals surface area contributed by atoms with Crippen LogP contribution in [-0.4, -0.2) is 16.7 Å². The third-order valence-electron chi connectivity index (χ3n) is 9.30. The normalized spacial score (nSPS) is 14.2. The smallest absolute Gasteiger partial charge is 0.159 e. The fourth-order valence-electron chi connectivity index (χ4n) is 6.90. The van der Waals surface area contributed by atoms with Gasteiger partial charge in [-0.2, -0.15) is 0 Å². The first-order chi connectivity index (χ1) is 24.8. The summed E-state index contributed by atoms with van der Waals surface area (Å²) in [6.07, 6.45) is -0.303. The monoisotopic (exact) mass is 640 g/mol. The lowest BCUT2D eigenvalue weighted by molar-refractivity contribution is 0.674. The lowest BCUT2D eigenvalue weighted by Gasteiger charge is -2.24. The van der Waals surface area contributed by atoms with Gasteiger partial charge in [0.2, 0.25) is 0 Å². The maximum Gasteiger partial charge on any atom is 0.159 e. The molecule has 236 valence electrons. The summed E-state index contributed by atoms with van der Waals surface area (Å²) >= 11 is 0. The molecule has 1 aliphatic rings. The van der Waals surface area contributed by atoms with Gasteiger partial charge in [-0.25, -0.2) is 15.0 Å². The van der Waals surface area contributed by atoms with E-state index in [9.17, 15) is 0 Å². The zero-order valence-electron chi connectivity index (χ0n) is 27.2. The fraction of sp³-hybridized carbons (Fsp3) is 0.0217. The molecule has 0 saturated heterocycles. The van der Waals surface area contributed by atoms with E-state index < -0.39 is 0 Å². The summed E-state index contributed by atoms with van der Waals surface area (Å²) in [5.74, 6) is 1.46. The maximum atomic E-state index is 5.32. The van der Waals surface area contributed by atoms with Gasteiger partial charge in [0.1, 0.15) is 12.0 Å². The van der Waals surface area contributed by atoms with E-state index in [4.69, 9.17) is 15.0 Å². The molecule has 1 aliphatic heterocycles. The van der Waals surface area contributed by atoms with Gasteiger partial charge in [0, 0.05) is 27.5 Å². The van der Waals surface area contributed by atoms with Crippen LogP contribution in [0.2, 0.25) is 0 Å². The highest BCUT2D eigenvalue weighted by molar-refractivity contribution is 6.15. The standard InChI is InChI=1S/C46H32N4/c1-4-16-31(17-5-1)37-22-10-11-23-38(37)34-28-35(43-41-26-13-12-24-39(41)40-25-14-15-27-42(40)47-43)30-36(29-34)46-49-44(32-18-6-2-7-19-32)48-45(50-46)33-20-8-3-9-21-33/h1-30,44H,(H,48,49,50). The van der Waals surface area contributed by atoms with Gasteiger partial charge >= 0.3 is 0 Å². The number of aromatic nitrogens is 1. The highest BCUT2D eigenvalue weighted by atomic mass is 15.2. The van der Waals surface area contributed by atoms with Gasteiger partial charge in [-0.1, -0.05) is 158 Å². The Labute approximate surface area is 291 Å². The number of hydrogen-bond acceptors (Lipinski definition) is 4. The van der Waals surface area contributed by atoms with Crippen molar-refractivity contribution in [2.75, 3.05) is 0 Å². The quantitative estimate of drug-likeness (QED) is 0.184. The number of aliphatic imine (C=N–C) groups is 2. The van der Waals surface area contributed by atoms with Crippen LogP contribution in [0.25, 0.3) is 55.2 Å². The number of nitrogens with one attached hydrogen (secondary N) is 1. The first kappa shape index (κ1) is 29.5. The molecule has 1 aromatic heterocycles. The largest absolute Gasteiger partial charge is 0.344 e. The molecule has 2 heterocycles. The van der Waals surface area contributed by atoms with Crippen molar-refractivity contribution in [3.05, 3.63) is 199 Å². The molecule has 0 aliphatic carbocycles. The van der Waals surface area contributed by atoms with Crippen molar-refractivity contribution in [2.24, 2.45) is 9.98 Å². The fourth-order valence-corrected chi connectivity index (χ4v) is 6.90. The van der Waals surface area contributed by atoms with Crippen LogP contribution < -0.4 is 5.32 Å². The summed E-state index contributed by atoms with van der Waals surface area (Å²) in [4.78, 5) is 15.6. The number of rotatable bonds is 6. The molecule has 0 radical (unpaired) electrons. The van der Waals surface area contributed by atoms with E-state index in [1.807, 2.05) is 24.3 Å². The predicted octanol–water partition coefficient (Wildman–Crippen LogP) is 10.9. The Balaban J connectivity index is 1.30. The van der Waals surface area contributed by atoms with Crippen molar-refractivity contribution >= 4 is 33.3 Å². The number of benzene rings is 7. The second-order valence-electron chi connectivity index (χ2n) is 12.5. The van der Waals surface area contributed by atoms with Crippen molar-refractivity contribution < 1.29 is 0 Å². The summed E-state index contributed by atoms with van der Waals surface area (Å²) < 4.78 is 0. The van der Waals surface area contributed by atoms with Crippen LogP contribution in [0.15, 0.2) is 192 Å². The molecule has 1 atom stereocenters. The van der Waals surface area contributed by atoms with Crippen molar-refractivity contribution in [1.29, 1.82) is 0 Å². The number of fused-ring (bicyclic) bond motifs is 3. The van der Waals surface area contributed by atoms with Crippen LogP contribution in [0.3, 0.4) is 0 Å². The zero-order valence-corrected chi connectivity index (χ0v) is 27.2. The van der Waals surface area contributed by atoms with Crippen LogP contribution in [0.5, 0.6) is 0 Å². The summed E-state index contributed by atoms with van der Waals surface area (Å²) in [5, 5.41) is 7.13. The van der Waals surface area contributed by atoms with Crippen molar-refractivity contribution in [1.82, 2.24) is 10.3 Å². The molecule has 0 fully saturated rings. The van der Waals surface area contributed by atoms with Crippen molar-refractivity contribution in [3.8, 4) is 33.5 Å². The van der Waals surface area contributed by atoms with Gasteiger partial charge in [0.25, 0.3) is 0 Å². The number of pyridine rings is 1. The molecule has 0 spiro atoms. The van der Waals surface area contributed by atoms with E-state index in [1.54, 1.807) is 0 Å². The SMILES string of the molecule is c1ccc(C2=NC(c3ccccc3)NC(c3cc(-c4ccccc4-c4ccccc4)cc(-c4nc5ccccc5c5ccccc45)c3)=N2)cc1. The molecule has 50 heavy (non-hydrogen) atoms. The minimum atomic E-state index is -0.303. The molecule has 1 unspecified atom stereocenters. The molecule has 0 bridgehead atoms. The zero-order chi connectivity index (χ0) is 33.3. The first-order valence-electron chi connectivity index (χ1n) is 16.9. The Hall–Kier alpha value is -6.65. The van der Waals surface area contributed by atoms with Gasteiger partial charge in [-0.3, -0.25) is 0 Å². The lowest BCUT2D eigenvalue weighted by Crippen LogP contribution is -2.33. The predicted molar refractivity (Wildman–Crippen MR) is 207 cm³/mol. The highest BCUT2D eigenvalue weighted by Crippen LogP contribution is 2.38. The van der Waals surface area contributed by atoms with E-state index in [-0.39, 0.29) is 6.17 Å². The molecule has 7 aromatic carbocycles. The van der Waals surface area contributed by atoms with Crippen molar-refractivity contribution in [2.45, 2.75) is 6.17 Å². The molecule has 0 amide bonds. The second kappa shape index (κ2) is 12.8. The molecule has 9 rings (SSSR count). The third-order valence-corrected chi connectivity index (χ3v) is 9.30. The number of para-hydroxylation sites is 1. The Morgan fingerprint density at radius 1 is 0.420 bits per heavy atom. The van der Waals surface area contributed by atoms with E-state index in [0.29, 0.717) is 5.84 Å². The minimum Gasteiger partial charge on any atom is -0.344 e. The molecular weight excluding hydrogens is 609 g/mol. The highest BCUT2D eigenvalue weighted by Gasteiger charge is 2.23. The van der Waals surface area contributed by atoms with Crippen molar-refractivity contribution in [3.63, 3.8) is 0 Å². The van der Waals surface area contributed by atoms with Gasteiger partial charge < -0.3 is 5.32 Å². The van der Waals surface area contributed by atoms with Crippen LogP contribution in [-0.2, 0) is 0 Å². The average Bonchev–Trinajstić information content (AvgIpc) is 3.21. The van der Waals surface area contributed by atoms with Crippen LogP contribution in [0, 0.1) is 0 Å². The summed E-state index contributed by atoms with van der Waals surface area (Å²) in [5.41, 5.74) is 10.5. The second-order valence-corrected chi connectivity index (χ2v) is 12.5. The van der Waals surface area contributed by atoms with E-state index in [0.717, 1.165) is 61.2 Å². The Kier molecular flexibility index (Phi) is 7.52. The average molecular weight is 641 g/mol. The number of amidine groups is 2. The van der Waals surface area contributed by atoms with E-state index in [1.165, 1.54) is 16.5 Å². The van der Waals surface area contributed by atoms with Gasteiger partial charge in [0.05, 0.1) is 11.2 Å².